The second kappa shape index (κ2) is 18.5. The number of anilines is 6. The number of para-hydroxylation sites is 4. The van der Waals surface area contributed by atoms with Gasteiger partial charge in [-0.3, -0.25) is 0 Å². The third kappa shape index (κ3) is 11.7. The summed E-state index contributed by atoms with van der Waals surface area (Å²) in [6, 6.07) is 25.7. The van der Waals surface area contributed by atoms with Gasteiger partial charge in [0, 0.05) is 11.4 Å². The average Bonchev–Trinajstić information content (AvgIpc) is 3.09. The molecule has 4 aromatic rings. The van der Waals surface area contributed by atoms with E-state index in [4.69, 9.17) is 23.7 Å². The van der Waals surface area contributed by atoms with Crippen molar-refractivity contribution in [2.45, 2.75) is 0 Å². The van der Waals surface area contributed by atoms with Crippen LogP contribution >= 0.6 is 0 Å². The van der Waals surface area contributed by atoms with E-state index in [0.717, 1.165) is 0 Å². The van der Waals surface area contributed by atoms with E-state index in [2.05, 4.69) is 31.9 Å². The Morgan fingerprint density at radius 3 is 0.959 bits per heavy atom. The molecule has 14 heteroatoms. The fourth-order valence-corrected chi connectivity index (χ4v) is 4.50. The van der Waals surface area contributed by atoms with Crippen LogP contribution in [0, 0.1) is 0 Å². The molecule has 49 heavy (non-hydrogen) atoms. The highest BCUT2D eigenvalue weighted by molar-refractivity contribution is 6.08. The number of carbonyl (C=O) groups is 3. The maximum atomic E-state index is 13.0. The number of amides is 6. The number of hydrogen-bond donors (Lipinski definition) is 6. The van der Waals surface area contributed by atoms with E-state index in [1.54, 1.807) is 97.1 Å². The highest BCUT2D eigenvalue weighted by Crippen LogP contribution is 2.25. The number of hydrogen-bond acceptors (Lipinski definition) is 8. The molecule has 0 fully saturated rings. The van der Waals surface area contributed by atoms with Crippen LogP contribution in [0.1, 0.15) is 0 Å². The van der Waals surface area contributed by atoms with Gasteiger partial charge in [-0.15, -0.1) is 0 Å². The monoisotopic (exact) mass is 670 g/mol. The SMILES string of the molecule is O=C1Nc2ccc(cc2)OCCOCCOCCOCCOc2ccc(cc2)NC(=O)Nc2ccccc2NC(=O)Nc2ccccc2N1. The standard InChI is InChI=1S/C35H38N6O8/c42-33-36-25-9-13-27(14-10-25)48-23-21-46-19-17-45-18-20-47-22-24-49-28-15-11-26(12-16-28)37-34(43)39-30-6-2-4-8-32(30)41-35(44)40-31-7-3-1-5-29(31)38-33/h1-16H,17-24H2,(H2,36,38,42)(H2,37,39,43)(H2,40,41,44). The van der Waals surface area contributed by atoms with Crippen molar-refractivity contribution in [2.75, 3.05) is 84.8 Å². The van der Waals surface area contributed by atoms with Gasteiger partial charge < -0.3 is 55.6 Å². The number of ether oxygens (including phenoxy) is 5. The molecule has 4 bridgehead atoms. The van der Waals surface area contributed by atoms with Gasteiger partial charge in [-0.25, -0.2) is 14.4 Å². The first-order valence-electron chi connectivity index (χ1n) is 15.6. The Morgan fingerprint density at radius 2 is 0.633 bits per heavy atom. The summed E-state index contributed by atoms with van der Waals surface area (Å²) in [7, 11) is 0. The molecule has 4 heterocycles. The van der Waals surface area contributed by atoms with Crippen molar-refractivity contribution >= 4 is 52.2 Å². The van der Waals surface area contributed by atoms with Gasteiger partial charge >= 0.3 is 18.1 Å². The van der Waals surface area contributed by atoms with Gasteiger partial charge in [-0.1, -0.05) is 24.3 Å². The summed E-state index contributed by atoms with van der Waals surface area (Å²) in [5, 5.41) is 16.5. The van der Waals surface area contributed by atoms with Crippen LogP contribution < -0.4 is 41.4 Å². The zero-order valence-electron chi connectivity index (χ0n) is 26.7. The van der Waals surface area contributed by atoms with Crippen molar-refractivity contribution in [1.29, 1.82) is 0 Å². The van der Waals surface area contributed by atoms with Crippen molar-refractivity contribution in [3.8, 4) is 11.5 Å². The Kier molecular flexibility index (Phi) is 13.0. The minimum atomic E-state index is -0.586. The molecule has 0 aliphatic carbocycles. The number of rotatable bonds is 0. The van der Waals surface area contributed by atoms with Crippen LogP contribution in [-0.4, -0.2) is 70.9 Å². The van der Waals surface area contributed by atoms with Crippen LogP contribution in [0.4, 0.5) is 48.5 Å². The topological polar surface area (TPSA) is 170 Å². The second-order valence-electron chi connectivity index (χ2n) is 10.4. The van der Waals surface area contributed by atoms with E-state index in [-0.39, 0.29) is 0 Å². The van der Waals surface area contributed by atoms with Crippen LogP contribution in [0.25, 0.3) is 0 Å². The van der Waals surface area contributed by atoms with E-state index in [9.17, 15) is 14.4 Å². The normalized spacial score (nSPS) is 15.9. The first-order valence-corrected chi connectivity index (χ1v) is 15.6. The van der Waals surface area contributed by atoms with Gasteiger partial charge in [0.2, 0.25) is 0 Å². The Labute approximate surface area is 283 Å². The zero-order valence-corrected chi connectivity index (χ0v) is 26.7. The minimum absolute atomic E-state index is 0.354. The maximum absolute atomic E-state index is 13.0. The number of nitrogens with one attached hydrogen (secondary N) is 6. The van der Waals surface area contributed by atoms with Gasteiger partial charge in [0.1, 0.15) is 24.7 Å². The van der Waals surface area contributed by atoms with Crippen molar-refractivity contribution < 1.29 is 38.1 Å². The first-order chi connectivity index (χ1) is 24.0. The van der Waals surface area contributed by atoms with Gasteiger partial charge in [0.15, 0.2) is 0 Å². The predicted molar refractivity (Wildman–Crippen MR) is 187 cm³/mol. The lowest BCUT2D eigenvalue weighted by molar-refractivity contribution is 0.00499. The van der Waals surface area contributed by atoms with Crippen LogP contribution in [-0.2, 0) is 14.2 Å². The molecule has 4 aliphatic heterocycles. The van der Waals surface area contributed by atoms with E-state index in [1.165, 1.54) is 0 Å². The van der Waals surface area contributed by atoms with E-state index >= 15 is 0 Å². The minimum Gasteiger partial charge on any atom is -0.491 e. The van der Waals surface area contributed by atoms with E-state index in [0.29, 0.717) is 98.5 Å². The van der Waals surface area contributed by atoms with E-state index < -0.39 is 18.1 Å². The molecule has 8 rings (SSSR count). The Bertz CT molecular complexity index is 1550. The van der Waals surface area contributed by atoms with E-state index in [1.807, 2.05) is 0 Å². The van der Waals surface area contributed by atoms with Crippen LogP contribution in [0.5, 0.6) is 11.5 Å². The molecular formula is C35H38N6O8. The largest absolute Gasteiger partial charge is 0.491 e. The summed E-state index contributed by atoms with van der Waals surface area (Å²) < 4.78 is 28.0. The van der Waals surface area contributed by atoms with Crippen LogP contribution in [0.2, 0.25) is 0 Å². The molecule has 14 nitrogen and oxygen atoms in total. The molecule has 6 amide bonds. The zero-order chi connectivity index (χ0) is 34.1. The molecule has 0 saturated carbocycles. The number of benzene rings is 4. The average molecular weight is 671 g/mol. The summed E-state index contributed by atoms with van der Waals surface area (Å²) in [6.07, 6.45) is 0. The molecule has 4 aliphatic rings. The van der Waals surface area contributed by atoms with Gasteiger partial charge in [-0.05, 0) is 72.8 Å². The summed E-state index contributed by atoms with van der Waals surface area (Å²) in [5.74, 6) is 1.25. The molecule has 0 spiro atoms. The highest BCUT2D eigenvalue weighted by atomic mass is 16.6. The summed E-state index contributed by atoms with van der Waals surface area (Å²) >= 11 is 0. The van der Waals surface area contributed by atoms with Gasteiger partial charge in [0.05, 0.1) is 62.4 Å². The quantitative estimate of drug-likeness (QED) is 0.124. The highest BCUT2D eigenvalue weighted by Gasteiger charge is 2.13. The molecule has 6 N–H and O–H groups in total. The number of carbonyl (C=O) groups excluding carboxylic acids is 3. The van der Waals surface area contributed by atoms with Gasteiger partial charge in [-0.2, -0.15) is 0 Å². The van der Waals surface area contributed by atoms with Crippen molar-refractivity contribution in [1.82, 2.24) is 0 Å². The molecule has 0 aromatic heterocycles. The fourth-order valence-electron chi connectivity index (χ4n) is 4.50. The lowest BCUT2D eigenvalue weighted by Crippen LogP contribution is -2.24. The number of urea groups is 3. The molecule has 0 atom stereocenters. The molecule has 0 unspecified atom stereocenters. The molecule has 0 radical (unpaired) electrons. The first kappa shape index (κ1) is 34.5. The van der Waals surface area contributed by atoms with Crippen molar-refractivity contribution in [3.05, 3.63) is 97.1 Å². The van der Waals surface area contributed by atoms with Crippen molar-refractivity contribution in [3.63, 3.8) is 0 Å². The Hall–Kier alpha value is -5.83. The lowest BCUT2D eigenvalue weighted by Gasteiger charge is -2.16. The summed E-state index contributed by atoms with van der Waals surface area (Å²) in [5.41, 5.74) is 2.53. The third-order valence-corrected chi connectivity index (χ3v) is 6.81. The maximum Gasteiger partial charge on any atom is 0.323 e. The molecule has 4 aromatic carbocycles. The fraction of sp³-hybridized carbons (Fsp3) is 0.229. The third-order valence-electron chi connectivity index (χ3n) is 6.81. The van der Waals surface area contributed by atoms with Gasteiger partial charge in [0.25, 0.3) is 0 Å². The summed E-state index contributed by atoms with van der Waals surface area (Å²) in [6.45, 7) is 3.20. The second-order valence-corrected chi connectivity index (χ2v) is 10.4. The predicted octanol–water partition coefficient (Wildman–Crippen LogP) is 6.44. The van der Waals surface area contributed by atoms with Crippen molar-refractivity contribution in [2.24, 2.45) is 0 Å². The lowest BCUT2D eigenvalue weighted by atomic mass is 10.2. The Morgan fingerprint density at radius 1 is 0.347 bits per heavy atom. The molecular weight excluding hydrogens is 632 g/mol. The smallest absolute Gasteiger partial charge is 0.323 e. The molecule has 0 saturated heterocycles. The molecule has 256 valence electrons. The van der Waals surface area contributed by atoms with Crippen LogP contribution in [0.15, 0.2) is 97.1 Å². The summed E-state index contributed by atoms with van der Waals surface area (Å²) in [4.78, 5) is 38.6. The van der Waals surface area contributed by atoms with Crippen LogP contribution in [0.3, 0.4) is 0 Å². The Balaban J connectivity index is 1.23.